The number of carbonyl (C=O) groups is 2. The van der Waals surface area contributed by atoms with E-state index in [1.54, 1.807) is 54.3 Å². The molecule has 4 rings (SSSR count). The summed E-state index contributed by atoms with van der Waals surface area (Å²) >= 11 is 0. The summed E-state index contributed by atoms with van der Waals surface area (Å²) in [7, 11) is 1.55. The topological polar surface area (TPSA) is 76.0 Å². The lowest BCUT2D eigenvalue weighted by atomic mass is 10.1. The molecule has 3 aromatic carbocycles. The molecule has 2 amide bonds. The zero-order chi connectivity index (χ0) is 22.7. The minimum absolute atomic E-state index is 0.245. The number of amides is 2. The predicted molar refractivity (Wildman–Crippen MR) is 121 cm³/mol. The smallest absolute Gasteiger partial charge is 0.259 e. The number of aromatic nitrogens is 2. The van der Waals surface area contributed by atoms with Gasteiger partial charge in [0.1, 0.15) is 11.5 Å². The van der Waals surface area contributed by atoms with E-state index in [-0.39, 0.29) is 17.6 Å². The van der Waals surface area contributed by atoms with Gasteiger partial charge in [0, 0.05) is 30.1 Å². The SMILES string of the molecule is CNC(=O)c1cccc(NC(=O)c2cn(-c3ccc(F)cc3)nc2-c2cccc(C)c2)c1. The van der Waals surface area contributed by atoms with Gasteiger partial charge in [-0.3, -0.25) is 9.59 Å². The van der Waals surface area contributed by atoms with Crippen LogP contribution >= 0.6 is 0 Å². The largest absolute Gasteiger partial charge is 0.355 e. The fourth-order valence-corrected chi connectivity index (χ4v) is 3.35. The summed E-state index contributed by atoms with van der Waals surface area (Å²) in [6.45, 7) is 1.96. The number of hydrogen-bond donors (Lipinski definition) is 2. The molecule has 0 unspecified atom stereocenters. The standard InChI is InChI=1S/C25H21FN4O2/c1-16-5-3-6-17(13-16)23-22(15-30(29-23)21-11-9-19(26)10-12-21)25(32)28-20-8-4-7-18(14-20)24(31)27-2/h3-15H,1-2H3,(H,27,31)(H,28,32). The van der Waals surface area contributed by atoms with E-state index in [2.05, 4.69) is 15.7 Å². The number of anilines is 1. The van der Waals surface area contributed by atoms with E-state index >= 15 is 0 Å². The Hall–Kier alpha value is -4.26. The maximum atomic E-state index is 13.4. The molecule has 0 aliphatic rings. The molecule has 0 fully saturated rings. The number of aryl methyl sites for hydroxylation is 1. The van der Waals surface area contributed by atoms with Crippen molar-refractivity contribution in [2.45, 2.75) is 6.92 Å². The summed E-state index contributed by atoms with van der Waals surface area (Å²) in [5.41, 5.74) is 4.22. The summed E-state index contributed by atoms with van der Waals surface area (Å²) in [6.07, 6.45) is 1.61. The summed E-state index contributed by atoms with van der Waals surface area (Å²) < 4.78 is 14.9. The summed E-state index contributed by atoms with van der Waals surface area (Å²) in [5, 5.41) is 10.0. The van der Waals surface area contributed by atoms with Crippen molar-refractivity contribution < 1.29 is 14.0 Å². The van der Waals surface area contributed by atoms with E-state index in [1.807, 2.05) is 31.2 Å². The van der Waals surface area contributed by atoms with Crippen LogP contribution in [0.2, 0.25) is 0 Å². The third-order valence-corrected chi connectivity index (χ3v) is 4.95. The van der Waals surface area contributed by atoms with Crippen LogP contribution < -0.4 is 10.6 Å². The number of nitrogens with zero attached hydrogens (tertiary/aromatic N) is 2. The fraction of sp³-hybridized carbons (Fsp3) is 0.0800. The molecule has 7 heteroatoms. The van der Waals surface area contributed by atoms with Gasteiger partial charge in [-0.2, -0.15) is 5.10 Å². The molecule has 0 aliphatic carbocycles. The molecule has 1 aromatic heterocycles. The van der Waals surface area contributed by atoms with Crippen molar-refractivity contribution in [1.82, 2.24) is 15.1 Å². The van der Waals surface area contributed by atoms with Gasteiger partial charge in [0.15, 0.2) is 0 Å². The van der Waals surface area contributed by atoms with E-state index in [9.17, 15) is 14.0 Å². The first kappa shape index (κ1) is 21.0. The molecule has 0 radical (unpaired) electrons. The van der Waals surface area contributed by atoms with Crippen molar-refractivity contribution in [2.75, 3.05) is 12.4 Å². The first-order valence-corrected chi connectivity index (χ1v) is 10.0. The lowest BCUT2D eigenvalue weighted by molar-refractivity contribution is 0.0961. The Labute approximate surface area is 184 Å². The van der Waals surface area contributed by atoms with Crippen molar-refractivity contribution in [2.24, 2.45) is 0 Å². The van der Waals surface area contributed by atoms with Gasteiger partial charge >= 0.3 is 0 Å². The molecule has 0 aliphatic heterocycles. The monoisotopic (exact) mass is 428 g/mol. The normalized spacial score (nSPS) is 10.6. The molecule has 4 aromatic rings. The molecule has 160 valence electrons. The van der Waals surface area contributed by atoms with Crippen LogP contribution in [0, 0.1) is 12.7 Å². The highest BCUT2D eigenvalue weighted by atomic mass is 19.1. The minimum atomic E-state index is -0.371. The second kappa shape index (κ2) is 8.85. The van der Waals surface area contributed by atoms with Gasteiger partial charge in [0.05, 0.1) is 11.3 Å². The highest BCUT2D eigenvalue weighted by molar-refractivity contribution is 6.08. The summed E-state index contributed by atoms with van der Waals surface area (Å²) in [5.74, 6) is -0.969. The van der Waals surface area contributed by atoms with Crippen molar-refractivity contribution in [1.29, 1.82) is 0 Å². The number of nitrogens with one attached hydrogen (secondary N) is 2. The van der Waals surface area contributed by atoms with Gasteiger partial charge < -0.3 is 10.6 Å². The zero-order valence-electron chi connectivity index (χ0n) is 17.6. The molecular weight excluding hydrogens is 407 g/mol. The van der Waals surface area contributed by atoms with Gasteiger partial charge in [-0.25, -0.2) is 9.07 Å². The Morgan fingerprint density at radius 1 is 0.938 bits per heavy atom. The van der Waals surface area contributed by atoms with Crippen LogP contribution in [0.1, 0.15) is 26.3 Å². The van der Waals surface area contributed by atoms with Crippen molar-refractivity contribution in [3.05, 3.63) is 102 Å². The average molecular weight is 428 g/mol. The first-order chi connectivity index (χ1) is 15.4. The molecular formula is C25H21FN4O2. The van der Waals surface area contributed by atoms with Crippen LogP contribution in [0.4, 0.5) is 10.1 Å². The second-order valence-electron chi connectivity index (χ2n) is 7.30. The van der Waals surface area contributed by atoms with Gasteiger partial charge in [-0.1, -0.05) is 29.8 Å². The molecule has 0 spiro atoms. The third-order valence-electron chi connectivity index (χ3n) is 4.95. The van der Waals surface area contributed by atoms with Crippen LogP contribution in [0.25, 0.3) is 16.9 Å². The van der Waals surface area contributed by atoms with E-state index in [4.69, 9.17) is 0 Å². The molecule has 0 saturated carbocycles. The highest BCUT2D eigenvalue weighted by Crippen LogP contribution is 2.26. The van der Waals surface area contributed by atoms with Crippen LogP contribution in [0.15, 0.2) is 79.0 Å². The van der Waals surface area contributed by atoms with Gasteiger partial charge in [-0.15, -0.1) is 0 Å². The summed E-state index contributed by atoms with van der Waals surface area (Å²) in [6, 6.07) is 20.2. The van der Waals surface area contributed by atoms with Crippen molar-refractivity contribution in [3.63, 3.8) is 0 Å². The molecule has 1 heterocycles. The second-order valence-corrected chi connectivity index (χ2v) is 7.30. The van der Waals surface area contributed by atoms with E-state index in [0.717, 1.165) is 11.1 Å². The van der Waals surface area contributed by atoms with Crippen LogP contribution in [0.5, 0.6) is 0 Å². The quantitative estimate of drug-likeness (QED) is 0.488. The lowest BCUT2D eigenvalue weighted by Gasteiger charge is -2.07. The maximum Gasteiger partial charge on any atom is 0.259 e. The van der Waals surface area contributed by atoms with Crippen LogP contribution in [-0.4, -0.2) is 28.6 Å². The van der Waals surface area contributed by atoms with Gasteiger partial charge in [-0.05, 0) is 55.5 Å². The molecule has 0 saturated heterocycles. The Morgan fingerprint density at radius 2 is 1.69 bits per heavy atom. The van der Waals surface area contributed by atoms with E-state index < -0.39 is 0 Å². The third kappa shape index (κ3) is 4.41. The lowest BCUT2D eigenvalue weighted by Crippen LogP contribution is -2.18. The van der Waals surface area contributed by atoms with Crippen LogP contribution in [-0.2, 0) is 0 Å². The fourth-order valence-electron chi connectivity index (χ4n) is 3.35. The highest BCUT2D eigenvalue weighted by Gasteiger charge is 2.19. The Bertz CT molecular complexity index is 1300. The number of carbonyl (C=O) groups excluding carboxylic acids is 2. The van der Waals surface area contributed by atoms with Crippen molar-refractivity contribution in [3.8, 4) is 16.9 Å². The zero-order valence-corrected chi connectivity index (χ0v) is 17.6. The van der Waals surface area contributed by atoms with Crippen molar-refractivity contribution >= 4 is 17.5 Å². The number of benzene rings is 3. The number of halogens is 1. The number of hydrogen-bond acceptors (Lipinski definition) is 3. The van der Waals surface area contributed by atoms with Crippen LogP contribution in [0.3, 0.4) is 0 Å². The Morgan fingerprint density at radius 3 is 2.41 bits per heavy atom. The molecule has 0 bridgehead atoms. The maximum absolute atomic E-state index is 13.4. The first-order valence-electron chi connectivity index (χ1n) is 10.0. The molecule has 2 N–H and O–H groups in total. The van der Waals surface area contributed by atoms with Gasteiger partial charge in [0.2, 0.25) is 0 Å². The average Bonchev–Trinajstić information content (AvgIpc) is 3.25. The van der Waals surface area contributed by atoms with E-state index in [0.29, 0.717) is 28.2 Å². The van der Waals surface area contributed by atoms with Gasteiger partial charge in [0.25, 0.3) is 11.8 Å². The Balaban J connectivity index is 1.74. The molecule has 6 nitrogen and oxygen atoms in total. The predicted octanol–water partition coefficient (Wildman–Crippen LogP) is 4.60. The Kier molecular flexibility index (Phi) is 5.81. The molecule has 32 heavy (non-hydrogen) atoms. The summed E-state index contributed by atoms with van der Waals surface area (Å²) in [4.78, 5) is 25.1. The minimum Gasteiger partial charge on any atom is -0.355 e. The molecule has 0 atom stereocenters. The van der Waals surface area contributed by atoms with E-state index in [1.165, 1.54) is 12.1 Å². The number of rotatable bonds is 5.